The van der Waals surface area contributed by atoms with E-state index in [0.29, 0.717) is 5.01 Å². The lowest BCUT2D eigenvalue weighted by atomic mass is 10.1. The molecule has 1 amide bonds. The molecule has 0 saturated carbocycles. The fourth-order valence-corrected chi connectivity index (χ4v) is 2.47. The zero-order valence-electron chi connectivity index (χ0n) is 11.2. The van der Waals surface area contributed by atoms with Gasteiger partial charge >= 0.3 is 5.63 Å². The number of phenolic OH excluding ortho intramolecular Hbond substituents is 1. The maximum absolute atomic E-state index is 12.1. The van der Waals surface area contributed by atoms with Gasteiger partial charge in [0.05, 0.1) is 5.39 Å². The molecule has 0 spiro atoms. The summed E-state index contributed by atoms with van der Waals surface area (Å²) in [6, 6.07) is 3.82. The third-order valence-electron chi connectivity index (χ3n) is 2.84. The maximum atomic E-state index is 12.1. The molecule has 2 aromatic heterocycles. The van der Waals surface area contributed by atoms with E-state index in [9.17, 15) is 19.8 Å². The van der Waals surface area contributed by atoms with Gasteiger partial charge in [-0.05, 0) is 19.1 Å². The second-order valence-electron chi connectivity index (χ2n) is 4.37. The number of fused-ring (bicyclic) bond motifs is 1. The average molecular weight is 319 g/mol. The van der Waals surface area contributed by atoms with E-state index in [1.165, 1.54) is 18.2 Å². The molecule has 8 nitrogen and oxygen atoms in total. The first kappa shape index (κ1) is 14.0. The molecule has 0 aliphatic heterocycles. The number of nitrogens with zero attached hydrogens (tertiary/aromatic N) is 2. The Labute approximate surface area is 126 Å². The Morgan fingerprint density at radius 1 is 1.32 bits per heavy atom. The Bertz CT molecular complexity index is 946. The van der Waals surface area contributed by atoms with Gasteiger partial charge in [-0.3, -0.25) is 10.1 Å². The summed E-state index contributed by atoms with van der Waals surface area (Å²) in [5.41, 5.74) is -1.58. The fourth-order valence-electron chi connectivity index (χ4n) is 1.88. The summed E-state index contributed by atoms with van der Waals surface area (Å²) in [4.78, 5) is 24.0. The van der Waals surface area contributed by atoms with Crippen LogP contribution in [0, 0.1) is 6.92 Å². The van der Waals surface area contributed by atoms with Gasteiger partial charge in [-0.15, -0.1) is 10.2 Å². The number of hydrogen-bond acceptors (Lipinski definition) is 8. The number of carbonyl (C=O) groups excluding carboxylic acids is 1. The van der Waals surface area contributed by atoms with Crippen LogP contribution in [0.2, 0.25) is 0 Å². The first-order valence-corrected chi connectivity index (χ1v) is 6.87. The van der Waals surface area contributed by atoms with Gasteiger partial charge in [-0.1, -0.05) is 11.3 Å². The van der Waals surface area contributed by atoms with Crippen LogP contribution in [0.1, 0.15) is 15.4 Å². The molecule has 0 radical (unpaired) electrons. The number of aromatic nitrogens is 2. The van der Waals surface area contributed by atoms with Crippen molar-refractivity contribution in [1.82, 2.24) is 10.2 Å². The first-order valence-electron chi connectivity index (χ1n) is 6.06. The van der Waals surface area contributed by atoms with Gasteiger partial charge in [-0.25, -0.2) is 4.79 Å². The van der Waals surface area contributed by atoms with Crippen molar-refractivity contribution in [3.05, 3.63) is 39.2 Å². The topological polar surface area (TPSA) is 126 Å². The van der Waals surface area contributed by atoms with E-state index in [2.05, 4.69) is 15.5 Å². The molecule has 3 aromatic rings. The number of aryl methyl sites for hydroxylation is 1. The van der Waals surface area contributed by atoms with Crippen molar-refractivity contribution < 1.29 is 19.4 Å². The summed E-state index contributed by atoms with van der Waals surface area (Å²) < 4.78 is 4.95. The van der Waals surface area contributed by atoms with Gasteiger partial charge in [0.2, 0.25) is 5.13 Å². The van der Waals surface area contributed by atoms with E-state index in [1.807, 2.05) is 0 Å². The summed E-state index contributed by atoms with van der Waals surface area (Å²) in [6.07, 6.45) is 0. The summed E-state index contributed by atoms with van der Waals surface area (Å²) in [5, 5.41) is 30.3. The van der Waals surface area contributed by atoms with Gasteiger partial charge in [0.25, 0.3) is 5.91 Å². The van der Waals surface area contributed by atoms with Crippen LogP contribution in [0.25, 0.3) is 11.0 Å². The molecule has 22 heavy (non-hydrogen) atoms. The number of phenols is 1. The minimum absolute atomic E-state index is 0.0224. The molecule has 0 aliphatic rings. The number of hydrogen-bond donors (Lipinski definition) is 3. The molecule has 112 valence electrons. The normalized spacial score (nSPS) is 10.8. The van der Waals surface area contributed by atoms with Crippen LogP contribution in [-0.4, -0.2) is 26.3 Å². The standard InChI is InChI=1S/C13H9N3O5S/c1-5-15-16-13(22-5)14-11(19)9-10(18)7-3-2-6(17)4-8(7)21-12(9)20/h2-4,17-18H,1H3,(H,14,16,19). The van der Waals surface area contributed by atoms with Crippen molar-refractivity contribution in [2.24, 2.45) is 0 Å². The largest absolute Gasteiger partial charge is 0.508 e. The highest BCUT2D eigenvalue weighted by molar-refractivity contribution is 7.15. The van der Waals surface area contributed by atoms with Gasteiger partial charge in [0.15, 0.2) is 5.56 Å². The van der Waals surface area contributed by atoms with Crippen LogP contribution in [0.5, 0.6) is 11.5 Å². The van der Waals surface area contributed by atoms with Crippen molar-refractivity contribution in [3.8, 4) is 11.5 Å². The molecule has 3 rings (SSSR count). The third kappa shape index (κ3) is 2.37. The molecule has 2 heterocycles. The number of rotatable bonds is 2. The lowest BCUT2D eigenvalue weighted by Crippen LogP contribution is -2.21. The Morgan fingerprint density at radius 2 is 2.09 bits per heavy atom. The van der Waals surface area contributed by atoms with Gasteiger partial charge < -0.3 is 14.6 Å². The van der Waals surface area contributed by atoms with Gasteiger partial charge in [0, 0.05) is 6.07 Å². The zero-order chi connectivity index (χ0) is 15.9. The molecular formula is C13H9N3O5S. The van der Waals surface area contributed by atoms with Crippen molar-refractivity contribution >= 4 is 33.3 Å². The van der Waals surface area contributed by atoms with Crippen LogP contribution in [-0.2, 0) is 0 Å². The lowest BCUT2D eigenvalue weighted by Gasteiger charge is -2.05. The number of anilines is 1. The van der Waals surface area contributed by atoms with Crippen LogP contribution < -0.4 is 10.9 Å². The minimum Gasteiger partial charge on any atom is -0.508 e. The number of nitrogens with one attached hydrogen (secondary N) is 1. The monoisotopic (exact) mass is 319 g/mol. The smallest absolute Gasteiger partial charge is 0.353 e. The predicted octanol–water partition coefficient (Wildman–Crippen LogP) is 1.62. The zero-order valence-corrected chi connectivity index (χ0v) is 12.0. The highest BCUT2D eigenvalue weighted by Gasteiger charge is 2.22. The number of aromatic hydroxyl groups is 2. The number of amides is 1. The summed E-state index contributed by atoms with van der Waals surface area (Å²) in [6.45, 7) is 1.71. The molecule has 9 heteroatoms. The number of benzene rings is 1. The molecule has 1 aromatic carbocycles. The number of carbonyl (C=O) groups is 1. The van der Waals surface area contributed by atoms with E-state index >= 15 is 0 Å². The van der Waals surface area contributed by atoms with E-state index in [4.69, 9.17) is 4.42 Å². The minimum atomic E-state index is -1.02. The SMILES string of the molecule is Cc1nnc(NC(=O)c2c(O)c3ccc(O)cc3oc2=O)s1. The first-order chi connectivity index (χ1) is 10.5. The van der Waals surface area contributed by atoms with E-state index in [-0.39, 0.29) is 21.9 Å². The van der Waals surface area contributed by atoms with Crippen LogP contribution in [0.4, 0.5) is 5.13 Å². The van der Waals surface area contributed by atoms with Gasteiger partial charge in [-0.2, -0.15) is 0 Å². The highest BCUT2D eigenvalue weighted by atomic mass is 32.1. The Hall–Kier alpha value is -2.94. The Morgan fingerprint density at radius 3 is 2.77 bits per heavy atom. The van der Waals surface area contributed by atoms with E-state index in [0.717, 1.165) is 11.3 Å². The quantitative estimate of drug-likeness (QED) is 0.613. The molecular weight excluding hydrogens is 310 g/mol. The molecule has 0 fully saturated rings. The molecule has 0 unspecified atom stereocenters. The second-order valence-corrected chi connectivity index (χ2v) is 5.56. The van der Waals surface area contributed by atoms with Crippen LogP contribution >= 0.6 is 11.3 Å². The van der Waals surface area contributed by atoms with Crippen molar-refractivity contribution in [1.29, 1.82) is 0 Å². The van der Waals surface area contributed by atoms with Gasteiger partial charge in [0.1, 0.15) is 22.1 Å². The second kappa shape index (κ2) is 5.11. The lowest BCUT2D eigenvalue weighted by molar-refractivity contribution is 0.102. The molecule has 3 N–H and O–H groups in total. The van der Waals surface area contributed by atoms with Crippen LogP contribution in [0.15, 0.2) is 27.4 Å². The molecule has 0 aliphatic carbocycles. The average Bonchev–Trinajstić information content (AvgIpc) is 2.83. The molecule has 0 saturated heterocycles. The summed E-state index contributed by atoms with van der Waals surface area (Å²) >= 11 is 1.13. The summed E-state index contributed by atoms with van der Waals surface area (Å²) in [5.74, 6) is -1.50. The third-order valence-corrected chi connectivity index (χ3v) is 3.59. The van der Waals surface area contributed by atoms with Crippen molar-refractivity contribution in [3.63, 3.8) is 0 Å². The van der Waals surface area contributed by atoms with E-state index < -0.39 is 22.8 Å². The molecule has 0 atom stereocenters. The molecule has 0 bridgehead atoms. The van der Waals surface area contributed by atoms with Crippen LogP contribution in [0.3, 0.4) is 0 Å². The Kier molecular flexibility index (Phi) is 3.26. The predicted molar refractivity (Wildman–Crippen MR) is 78.4 cm³/mol. The fraction of sp³-hybridized carbons (Fsp3) is 0.0769. The van der Waals surface area contributed by atoms with E-state index in [1.54, 1.807) is 6.92 Å². The maximum Gasteiger partial charge on any atom is 0.353 e. The summed E-state index contributed by atoms with van der Waals surface area (Å²) in [7, 11) is 0. The van der Waals surface area contributed by atoms with Crippen molar-refractivity contribution in [2.75, 3.05) is 5.32 Å². The van der Waals surface area contributed by atoms with Crippen molar-refractivity contribution in [2.45, 2.75) is 6.92 Å². The highest BCUT2D eigenvalue weighted by Crippen LogP contribution is 2.29. The Balaban J connectivity index is 2.08.